The average molecular weight is 348 g/mol. The monoisotopic (exact) mass is 348 g/mol. The third kappa shape index (κ3) is 3.04. The Morgan fingerprint density at radius 3 is 2.36 bits per heavy atom. The highest BCUT2D eigenvalue weighted by Crippen LogP contribution is 2.44. The van der Waals surface area contributed by atoms with Crippen molar-refractivity contribution in [1.29, 1.82) is 0 Å². The van der Waals surface area contributed by atoms with Crippen molar-refractivity contribution < 1.29 is 13.2 Å². The maximum atomic E-state index is 12.4. The molecule has 3 heterocycles. The van der Waals surface area contributed by atoms with Gasteiger partial charge in [-0.05, 0) is 11.6 Å². The van der Waals surface area contributed by atoms with Crippen molar-refractivity contribution in [2.24, 2.45) is 5.41 Å². The molecule has 2 aliphatic heterocycles. The van der Waals surface area contributed by atoms with Gasteiger partial charge in [0.25, 0.3) is 0 Å². The van der Waals surface area contributed by atoms with Crippen LogP contribution in [0.5, 0.6) is 0 Å². The number of hydrogen-bond acceptors (Lipinski definition) is 4. The van der Waals surface area contributed by atoms with E-state index in [1.165, 1.54) is 4.90 Å². The topological polar surface area (TPSA) is 45.4 Å². The molecule has 2 aromatic rings. The molecule has 7 heteroatoms. The highest BCUT2D eigenvalue weighted by molar-refractivity contribution is 5.84. The van der Waals surface area contributed by atoms with Crippen molar-refractivity contribution in [3.8, 4) is 11.1 Å². The summed E-state index contributed by atoms with van der Waals surface area (Å²) in [5.74, 6) is 0.723. The van der Waals surface area contributed by atoms with Crippen molar-refractivity contribution in [3.05, 3.63) is 42.6 Å². The summed E-state index contributed by atoms with van der Waals surface area (Å²) in [5.41, 5.74) is 8.86. The Balaban J connectivity index is 1.44. The standard InChI is InChI=1S/C18H19F3N4/c19-18(20,21)12-24-8-17(9-24)10-25(11-17)16-15(22)14(6-7-23-16)13-4-2-1-3-5-13/h1-7H,8-12,22H2. The van der Waals surface area contributed by atoms with Crippen LogP contribution < -0.4 is 10.6 Å². The van der Waals surface area contributed by atoms with Gasteiger partial charge < -0.3 is 10.6 Å². The molecule has 1 aromatic carbocycles. The fraction of sp³-hybridized carbons (Fsp3) is 0.389. The largest absolute Gasteiger partial charge is 0.401 e. The van der Waals surface area contributed by atoms with Gasteiger partial charge in [0.05, 0.1) is 12.2 Å². The van der Waals surface area contributed by atoms with E-state index in [0.29, 0.717) is 31.9 Å². The van der Waals surface area contributed by atoms with Crippen LogP contribution in [0, 0.1) is 5.41 Å². The number of rotatable bonds is 3. The van der Waals surface area contributed by atoms with Gasteiger partial charge in [-0.25, -0.2) is 4.98 Å². The third-order valence-corrected chi connectivity index (χ3v) is 4.93. The van der Waals surface area contributed by atoms with E-state index in [-0.39, 0.29) is 5.41 Å². The summed E-state index contributed by atoms with van der Waals surface area (Å²) in [5, 5.41) is 0. The minimum Gasteiger partial charge on any atom is -0.395 e. The van der Waals surface area contributed by atoms with Gasteiger partial charge in [0.2, 0.25) is 0 Å². The molecule has 1 spiro atoms. The van der Waals surface area contributed by atoms with Crippen LogP contribution in [-0.4, -0.2) is 48.8 Å². The number of alkyl halides is 3. The van der Waals surface area contributed by atoms with Gasteiger partial charge in [0.1, 0.15) is 0 Å². The molecule has 0 bridgehead atoms. The van der Waals surface area contributed by atoms with Gasteiger partial charge in [-0.3, -0.25) is 4.90 Å². The molecule has 2 fully saturated rings. The molecule has 0 unspecified atom stereocenters. The summed E-state index contributed by atoms with van der Waals surface area (Å²) in [7, 11) is 0. The molecule has 2 N–H and O–H groups in total. The average Bonchev–Trinajstić information content (AvgIpc) is 2.49. The summed E-state index contributed by atoms with van der Waals surface area (Å²) in [6.45, 7) is 1.56. The summed E-state index contributed by atoms with van der Waals surface area (Å²) < 4.78 is 37.3. The fourth-order valence-electron chi connectivity index (χ4n) is 3.96. The molecule has 4 nitrogen and oxygen atoms in total. The van der Waals surface area contributed by atoms with Gasteiger partial charge in [-0.2, -0.15) is 13.2 Å². The first-order chi connectivity index (χ1) is 11.9. The molecule has 25 heavy (non-hydrogen) atoms. The number of likely N-dealkylation sites (tertiary alicyclic amines) is 1. The van der Waals surface area contributed by atoms with E-state index in [9.17, 15) is 13.2 Å². The molecular weight excluding hydrogens is 329 g/mol. The van der Waals surface area contributed by atoms with Crippen molar-refractivity contribution in [2.45, 2.75) is 6.18 Å². The first kappa shape index (κ1) is 16.2. The number of nitrogen functional groups attached to an aromatic ring is 1. The van der Waals surface area contributed by atoms with Gasteiger partial charge >= 0.3 is 6.18 Å². The molecule has 2 saturated heterocycles. The van der Waals surface area contributed by atoms with Crippen LogP contribution in [0.3, 0.4) is 0 Å². The smallest absolute Gasteiger partial charge is 0.395 e. The van der Waals surface area contributed by atoms with E-state index < -0.39 is 12.7 Å². The molecule has 0 aliphatic carbocycles. The molecule has 0 radical (unpaired) electrons. The van der Waals surface area contributed by atoms with E-state index in [2.05, 4.69) is 9.88 Å². The Labute approximate surface area is 144 Å². The lowest BCUT2D eigenvalue weighted by molar-refractivity contribution is -0.172. The van der Waals surface area contributed by atoms with Crippen molar-refractivity contribution in [1.82, 2.24) is 9.88 Å². The van der Waals surface area contributed by atoms with Crippen LogP contribution in [0.1, 0.15) is 0 Å². The highest BCUT2D eigenvalue weighted by Gasteiger charge is 2.54. The number of halogens is 3. The van der Waals surface area contributed by atoms with Gasteiger partial charge in [0.15, 0.2) is 5.82 Å². The Bertz CT molecular complexity index is 762. The number of benzene rings is 1. The lowest BCUT2D eigenvalue weighted by Gasteiger charge is -2.60. The molecule has 0 amide bonds. The molecule has 0 atom stereocenters. The minimum atomic E-state index is -4.12. The lowest BCUT2D eigenvalue weighted by Crippen LogP contribution is -2.73. The minimum absolute atomic E-state index is 0.0396. The highest BCUT2D eigenvalue weighted by atomic mass is 19.4. The Hall–Kier alpha value is -2.28. The van der Waals surface area contributed by atoms with Gasteiger partial charge in [-0.15, -0.1) is 0 Å². The lowest BCUT2D eigenvalue weighted by atomic mass is 9.72. The summed E-state index contributed by atoms with van der Waals surface area (Å²) in [6.07, 6.45) is -2.39. The SMILES string of the molecule is Nc1c(-c2ccccc2)ccnc1N1CC2(CN(CC(F)(F)F)C2)C1. The number of pyridine rings is 1. The van der Waals surface area contributed by atoms with Gasteiger partial charge in [0, 0.05) is 43.4 Å². The molecule has 132 valence electrons. The number of nitrogens with two attached hydrogens (primary N) is 1. The van der Waals surface area contributed by atoms with Crippen molar-refractivity contribution in [3.63, 3.8) is 0 Å². The van der Waals surface area contributed by atoms with Crippen molar-refractivity contribution in [2.75, 3.05) is 43.4 Å². The maximum absolute atomic E-state index is 12.4. The van der Waals surface area contributed by atoms with E-state index in [1.54, 1.807) is 6.20 Å². The zero-order valence-electron chi connectivity index (χ0n) is 13.6. The first-order valence-corrected chi connectivity index (χ1v) is 8.19. The normalized spacial score (nSPS) is 19.6. The second-order valence-electron chi connectivity index (χ2n) is 7.08. The molecular formula is C18H19F3N4. The number of anilines is 2. The van der Waals surface area contributed by atoms with Crippen LogP contribution >= 0.6 is 0 Å². The molecule has 2 aliphatic rings. The third-order valence-electron chi connectivity index (χ3n) is 4.93. The molecule has 4 rings (SSSR count). The maximum Gasteiger partial charge on any atom is 0.401 e. The van der Waals surface area contributed by atoms with Crippen LogP contribution in [0.2, 0.25) is 0 Å². The summed E-state index contributed by atoms with van der Waals surface area (Å²) in [6, 6.07) is 11.7. The first-order valence-electron chi connectivity index (χ1n) is 8.19. The molecule has 0 saturated carbocycles. The number of hydrogen-bond donors (Lipinski definition) is 1. The van der Waals surface area contributed by atoms with Crippen molar-refractivity contribution >= 4 is 11.5 Å². The quantitative estimate of drug-likeness (QED) is 0.926. The fourth-order valence-corrected chi connectivity index (χ4v) is 3.96. The summed E-state index contributed by atoms with van der Waals surface area (Å²) >= 11 is 0. The zero-order valence-corrected chi connectivity index (χ0v) is 13.6. The van der Waals surface area contributed by atoms with E-state index in [1.807, 2.05) is 36.4 Å². The predicted molar refractivity (Wildman–Crippen MR) is 91.2 cm³/mol. The van der Waals surface area contributed by atoms with Crippen LogP contribution in [0.4, 0.5) is 24.7 Å². The Kier molecular flexibility index (Phi) is 3.64. The zero-order chi connectivity index (χ0) is 17.7. The predicted octanol–water partition coefficient (Wildman–Crippen LogP) is 3.02. The Morgan fingerprint density at radius 2 is 1.72 bits per heavy atom. The number of nitrogens with zero attached hydrogens (tertiary/aromatic N) is 3. The second kappa shape index (κ2) is 5.62. The van der Waals surface area contributed by atoms with Crippen LogP contribution in [-0.2, 0) is 0 Å². The van der Waals surface area contributed by atoms with E-state index in [4.69, 9.17) is 5.73 Å². The van der Waals surface area contributed by atoms with Crippen LogP contribution in [0.15, 0.2) is 42.6 Å². The number of aromatic nitrogens is 1. The second-order valence-corrected chi connectivity index (χ2v) is 7.08. The summed E-state index contributed by atoms with van der Waals surface area (Å²) in [4.78, 5) is 7.91. The van der Waals surface area contributed by atoms with E-state index in [0.717, 1.165) is 16.9 Å². The molecule has 1 aromatic heterocycles. The van der Waals surface area contributed by atoms with Gasteiger partial charge in [-0.1, -0.05) is 30.3 Å². The Morgan fingerprint density at radius 1 is 1.04 bits per heavy atom. The van der Waals surface area contributed by atoms with Crippen LogP contribution in [0.25, 0.3) is 11.1 Å². The van der Waals surface area contributed by atoms with E-state index >= 15 is 0 Å².